The Morgan fingerprint density at radius 2 is 0.931 bits per heavy atom. The fraction of sp³-hybridized carbons (Fsp3) is 0.808. The van der Waals surface area contributed by atoms with E-state index in [0.717, 1.165) is 96.3 Å². The largest absolute Gasteiger partial charge is 0.462 e. The Hall–Kier alpha value is -2.18. The molecule has 0 aliphatic rings. The summed E-state index contributed by atoms with van der Waals surface area (Å²) in [5.41, 5.74) is 0. The lowest BCUT2D eigenvalue weighted by Crippen LogP contribution is -2.46. The summed E-state index contributed by atoms with van der Waals surface area (Å²) >= 11 is 0. The van der Waals surface area contributed by atoms with Gasteiger partial charge in [-0.3, -0.25) is 9.59 Å². The van der Waals surface area contributed by atoms with E-state index in [2.05, 4.69) is 74.7 Å². The third-order valence-corrected chi connectivity index (χ3v) is 11.1. The van der Waals surface area contributed by atoms with Crippen LogP contribution in [0.2, 0.25) is 0 Å². The van der Waals surface area contributed by atoms with Gasteiger partial charge < -0.3 is 20.3 Å². The van der Waals surface area contributed by atoms with E-state index in [4.69, 9.17) is 4.74 Å². The number of rotatable bonds is 44. The predicted octanol–water partition coefficient (Wildman–Crippen LogP) is 14.7. The molecule has 0 aliphatic carbocycles. The molecular formula is C52H95NO5. The van der Waals surface area contributed by atoms with Crippen molar-refractivity contribution in [2.45, 2.75) is 264 Å². The van der Waals surface area contributed by atoms with Crippen LogP contribution in [-0.4, -0.2) is 46.9 Å². The molecule has 0 saturated heterocycles. The second-order valence-corrected chi connectivity index (χ2v) is 16.8. The van der Waals surface area contributed by atoms with Gasteiger partial charge >= 0.3 is 5.97 Å². The van der Waals surface area contributed by atoms with Crippen LogP contribution < -0.4 is 5.32 Å². The van der Waals surface area contributed by atoms with Crippen LogP contribution in [0.5, 0.6) is 0 Å². The Kier molecular flexibility index (Phi) is 44.2. The summed E-state index contributed by atoms with van der Waals surface area (Å²) in [5.74, 6) is -0.504. The van der Waals surface area contributed by atoms with Gasteiger partial charge in [0.25, 0.3) is 0 Å². The number of carbonyl (C=O) groups is 2. The number of esters is 1. The third-order valence-electron chi connectivity index (χ3n) is 11.1. The molecule has 0 spiro atoms. The zero-order valence-electron chi connectivity index (χ0n) is 38.4. The van der Waals surface area contributed by atoms with E-state index in [9.17, 15) is 19.8 Å². The first-order valence-corrected chi connectivity index (χ1v) is 24.9. The molecule has 6 nitrogen and oxygen atoms in total. The minimum Gasteiger partial charge on any atom is -0.462 e. The Morgan fingerprint density at radius 1 is 0.517 bits per heavy atom. The number of aliphatic hydroxyl groups is 2. The van der Waals surface area contributed by atoms with E-state index in [1.807, 2.05) is 0 Å². The van der Waals surface area contributed by atoms with E-state index in [1.54, 1.807) is 0 Å². The molecule has 6 heteroatoms. The Labute approximate surface area is 359 Å². The van der Waals surface area contributed by atoms with E-state index < -0.39 is 18.2 Å². The van der Waals surface area contributed by atoms with Crippen LogP contribution in [0, 0.1) is 0 Å². The monoisotopic (exact) mass is 814 g/mol. The summed E-state index contributed by atoms with van der Waals surface area (Å²) in [6.45, 7) is 6.34. The van der Waals surface area contributed by atoms with E-state index in [0.29, 0.717) is 19.3 Å². The minimum absolute atomic E-state index is 0.0595. The lowest BCUT2D eigenvalue weighted by molar-refractivity contribution is -0.151. The predicted molar refractivity (Wildman–Crippen MR) is 250 cm³/mol. The number of nitrogens with one attached hydrogen (secondary N) is 1. The maximum Gasteiger partial charge on any atom is 0.306 e. The molecule has 0 saturated carbocycles. The minimum atomic E-state index is -0.793. The van der Waals surface area contributed by atoms with Gasteiger partial charge in [-0.15, -0.1) is 0 Å². The average Bonchev–Trinajstić information content (AvgIpc) is 3.22. The summed E-state index contributed by atoms with van der Waals surface area (Å²) in [4.78, 5) is 26.1. The number of hydrogen-bond acceptors (Lipinski definition) is 5. The number of allylic oxidation sites excluding steroid dienone is 8. The lowest BCUT2D eigenvalue weighted by Gasteiger charge is -2.24. The number of amides is 1. The van der Waals surface area contributed by atoms with Crippen molar-refractivity contribution in [3.63, 3.8) is 0 Å². The Balaban J connectivity index is 4.61. The summed E-state index contributed by atoms with van der Waals surface area (Å²) in [6, 6.07) is -0.708. The van der Waals surface area contributed by atoms with E-state index in [-0.39, 0.29) is 24.9 Å². The quantitative estimate of drug-likeness (QED) is 0.0323. The van der Waals surface area contributed by atoms with Crippen molar-refractivity contribution < 1.29 is 24.5 Å². The highest BCUT2D eigenvalue weighted by atomic mass is 16.5. The number of carbonyl (C=O) groups excluding carboxylic acids is 2. The maximum atomic E-state index is 13.2. The highest BCUT2D eigenvalue weighted by Gasteiger charge is 2.24. The van der Waals surface area contributed by atoms with Crippen LogP contribution in [0.25, 0.3) is 0 Å². The molecule has 3 unspecified atom stereocenters. The second kappa shape index (κ2) is 45.9. The maximum absolute atomic E-state index is 13.2. The molecule has 0 fully saturated rings. The summed E-state index contributed by atoms with van der Waals surface area (Å²) in [6.07, 6.45) is 54.6. The van der Waals surface area contributed by atoms with Crippen LogP contribution >= 0.6 is 0 Å². The highest BCUT2D eigenvalue weighted by Crippen LogP contribution is 2.17. The van der Waals surface area contributed by atoms with Crippen LogP contribution in [0.15, 0.2) is 48.6 Å². The van der Waals surface area contributed by atoms with Crippen molar-refractivity contribution in [1.82, 2.24) is 5.32 Å². The van der Waals surface area contributed by atoms with Crippen molar-refractivity contribution >= 4 is 11.9 Å². The van der Waals surface area contributed by atoms with Gasteiger partial charge in [-0.1, -0.05) is 198 Å². The van der Waals surface area contributed by atoms with E-state index >= 15 is 0 Å². The summed E-state index contributed by atoms with van der Waals surface area (Å²) < 4.78 is 5.91. The first-order valence-electron chi connectivity index (χ1n) is 24.9. The van der Waals surface area contributed by atoms with Crippen LogP contribution in [0.4, 0.5) is 0 Å². The topological polar surface area (TPSA) is 95.9 Å². The van der Waals surface area contributed by atoms with Gasteiger partial charge in [0.2, 0.25) is 5.91 Å². The lowest BCUT2D eigenvalue weighted by atomic mass is 10.0. The summed E-state index contributed by atoms with van der Waals surface area (Å²) in [7, 11) is 0. The molecule has 338 valence electrons. The molecule has 0 aromatic heterocycles. The number of aliphatic hydroxyl groups excluding tert-OH is 2. The van der Waals surface area contributed by atoms with Crippen molar-refractivity contribution in [2.24, 2.45) is 0 Å². The zero-order valence-corrected chi connectivity index (χ0v) is 38.4. The SMILES string of the molecule is CC/C=C/C/C=C/C/C=C/CCCCCCC(CC(=O)NC(CO)C(O)CCCCCCCCCCC)OC(=O)CCCCCCC/C=C/CCCCCCCCC. The van der Waals surface area contributed by atoms with Gasteiger partial charge in [0.1, 0.15) is 6.10 Å². The fourth-order valence-corrected chi connectivity index (χ4v) is 7.38. The normalized spacial score (nSPS) is 13.7. The van der Waals surface area contributed by atoms with Gasteiger partial charge in [-0.2, -0.15) is 0 Å². The van der Waals surface area contributed by atoms with Crippen molar-refractivity contribution in [3.8, 4) is 0 Å². The van der Waals surface area contributed by atoms with Gasteiger partial charge in [0.05, 0.1) is 25.2 Å². The van der Waals surface area contributed by atoms with Crippen LogP contribution in [0.1, 0.15) is 245 Å². The average molecular weight is 814 g/mol. The van der Waals surface area contributed by atoms with Crippen molar-refractivity contribution in [3.05, 3.63) is 48.6 Å². The highest BCUT2D eigenvalue weighted by molar-refractivity contribution is 5.77. The van der Waals surface area contributed by atoms with Gasteiger partial charge in [-0.05, 0) is 83.5 Å². The molecule has 0 bridgehead atoms. The molecule has 0 aromatic rings. The third kappa shape index (κ3) is 40.6. The molecule has 0 rings (SSSR count). The number of ether oxygens (including phenoxy) is 1. The molecule has 0 aliphatic heterocycles. The number of unbranched alkanes of at least 4 members (excludes halogenated alkanes) is 24. The molecular weight excluding hydrogens is 719 g/mol. The Bertz CT molecular complexity index is 1000. The molecule has 1 amide bonds. The molecule has 3 atom stereocenters. The molecule has 3 N–H and O–H groups in total. The smallest absolute Gasteiger partial charge is 0.306 e. The van der Waals surface area contributed by atoms with Crippen molar-refractivity contribution in [2.75, 3.05) is 6.61 Å². The number of hydrogen-bond donors (Lipinski definition) is 3. The van der Waals surface area contributed by atoms with Crippen LogP contribution in [-0.2, 0) is 14.3 Å². The second-order valence-electron chi connectivity index (χ2n) is 16.8. The summed E-state index contributed by atoms with van der Waals surface area (Å²) in [5, 5.41) is 23.6. The van der Waals surface area contributed by atoms with Gasteiger partial charge in [0.15, 0.2) is 0 Å². The molecule has 0 radical (unpaired) electrons. The van der Waals surface area contributed by atoms with Gasteiger partial charge in [0, 0.05) is 6.42 Å². The van der Waals surface area contributed by atoms with Crippen LogP contribution in [0.3, 0.4) is 0 Å². The molecule has 58 heavy (non-hydrogen) atoms. The molecule has 0 heterocycles. The fourth-order valence-electron chi connectivity index (χ4n) is 7.38. The first-order chi connectivity index (χ1) is 28.5. The zero-order chi connectivity index (χ0) is 42.4. The Morgan fingerprint density at radius 3 is 1.43 bits per heavy atom. The van der Waals surface area contributed by atoms with Crippen molar-refractivity contribution in [1.29, 1.82) is 0 Å². The standard InChI is InChI=1S/C52H95NO5/c1-4-7-10-13-16-19-21-23-25-26-28-30-33-36-39-42-45-52(57)58-48(43-40-37-34-32-29-27-24-22-20-17-14-11-8-5-2)46-51(56)53-49(47-54)50(55)44-41-38-35-31-18-15-12-9-6-3/h8,11,17,20,24-27,48-50,54-55H,4-7,9-10,12-16,18-19,21-23,28-47H2,1-3H3,(H,53,56)/b11-8+,20-17+,26-25+,27-24+. The van der Waals surface area contributed by atoms with Gasteiger partial charge in [-0.25, -0.2) is 0 Å². The first kappa shape index (κ1) is 55.8. The van der Waals surface area contributed by atoms with E-state index in [1.165, 1.54) is 103 Å². The molecule has 0 aromatic carbocycles.